The molecule has 5 saturated carbocycles. The molecular weight excluding hydrogens is 256 g/mol. The molecule has 1 N–H and O–H groups in total. The summed E-state index contributed by atoms with van der Waals surface area (Å²) >= 11 is 0. The first-order chi connectivity index (χ1) is 10.0. The third-order valence-corrected chi connectivity index (χ3v) is 8.91. The van der Waals surface area contributed by atoms with Crippen LogP contribution in [0.3, 0.4) is 0 Å². The van der Waals surface area contributed by atoms with Gasteiger partial charge in [-0.05, 0) is 98.7 Å². The van der Waals surface area contributed by atoms with Gasteiger partial charge in [-0.25, -0.2) is 0 Å². The molecule has 1 heteroatoms. The van der Waals surface area contributed by atoms with Crippen LogP contribution in [0.25, 0.3) is 0 Å². The monoisotopic (exact) mass is 286 g/mol. The molecule has 8 unspecified atom stereocenters. The molecule has 0 saturated heterocycles. The van der Waals surface area contributed by atoms with Crippen LogP contribution < -0.4 is 0 Å². The lowest BCUT2D eigenvalue weighted by Crippen LogP contribution is -2.48. The fraction of sp³-hybridized carbons (Fsp3) is 0.900. The zero-order chi connectivity index (χ0) is 14.4. The Hall–Kier alpha value is -0.300. The highest BCUT2D eigenvalue weighted by molar-refractivity contribution is 5.21. The van der Waals surface area contributed by atoms with Crippen molar-refractivity contribution in [2.45, 2.75) is 70.3 Å². The lowest BCUT2D eigenvalue weighted by atomic mass is 9.50. The lowest BCUT2D eigenvalue weighted by Gasteiger charge is -2.55. The molecule has 8 atom stereocenters. The third-order valence-electron chi connectivity index (χ3n) is 8.91. The molecule has 5 aliphatic carbocycles. The van der Waals surface area contributed by atoms with Crippen molar-refractivity contribution in [3.63, 3.8) is 0 Å². The summed E-state index contributed by atoms with van der Waals surface area (Å²) in [5.74, 6) is 5.41. The van der Waals surface area contributed by atoms with Crippen molar-refractivity contribution in [1.29, 1.82) is 0 Å². The summed E-state index contributed by atoms with van der Waals surface area (Å²) in [6, 6.07) is 0. The van der Waals surface area contributed by atoms with Gasteiger partial charge in [0.15, 0.2) is 0 Å². The van der Waals surface area contributed by atoms with E-state index < -0.39 is 0 Å². The van der Waals surface area contributed by atoms with Gasteiger partial charge in [-0.1, -0.05) is 19.1 Å². The fourth-order valence-corrected chi connectivity index (χ4v) is 7.59. The highest BCUT2D eigenvalue weighted by Gasteiger charge is 2.64. The van der Waals surface area contributed by atoms with E-state index in [0.29, 0.717) is 11.3 Å². The van der Waals surface area contributed by atoms with Crippen LogP contribution >= 0.6 is 0 Å². The minimum Gasteiger partial charge on any atom is -0.390 e. The smallest absolute Gasteiger partial charge is 0.0683 e. The number of aliphatic hydroxyl groups is 1. The normalized spacial score (nSPS) is 61.5. The summed E-state index contributed by atoms with van der Waals surface area (Å²) in [5.41, 5.74) is 1.83. The molecule has 5 aliphatic rings. The molecule has 0 aromatic carbocycles. The van der Waals surface area contributed by atoms with E-state index in [9.17, 15) is 5.11 Å². The van der Waals surface area contributed by atoms with Crippen molar-refractivity contribution < 1.29 is 5.11 Å². The van der Waals surface area contributed by atoms with Crippen LogP contribution in [0.15, 0.2) is 12.2 Å². The molecule has 1 nitrogen and oxygen atoms in total. The van der Waals surface area contributed by atoms with Gasteiger partial charge in [-0.2, -0.15) is 0 Å². The van der Waals surface area contributed by atoms with E-state index in [-0.39, 0.29) is 5.60 Å². The Labute approximate surface area is 129 Å². The van der Waals surface area contributed by atoms with Crippen molar-refractivity contribution in [3.05, 3.63) is 12.2 Å². The second kappa shape index (κ2) is 3.96. The van der Waals surface area contributed by atoms with Gasteiger partial charge in [-0.3, -0.25) is 0 Å². The largest absolute Gasteiger partial charge is 0.390 e. The molecule has 0 amide bonds. The van der Waals surface area contributed by atoms with E-state index in [1.165, 1.54) is 44.9 Å². The molecule has 0 spiro atoms. The van der Waals surface area contributed by atoms with Gasteiger partial charge in [0.2, 0.25) is 0 Å². The summed E-state index contributed by atoms with van der Waals surface area (Å²) in [4.78, 5) is 0. The first-order valence-corrected chi connectivity index (χ1v) is 9.43. The van der Waals surface area contributed by atoms with E-state index >= 15 is 0 Å². The average molecular weight is 286 g/mol. The molecule has 0 aromatic rings. The first-order valence-electron chi connectivity index (χ1n) is 9.43. The van der Waals surface area contributed by atoms with Gasteiger partial charge in [0.25, 0.3) is 0 Å². The molecule has 0 radical (unpaired) electrons. The van der Waals surface area contributed by atoms with Crippen molar-refractivity contribution in [2.75, 3.05) is 0 Å². The van der Waals surface area contributed by atoms with Gasteiger partial charge in [0.05, 0.1) is 5.60 Å². The number of hydrogen-bond donors (Lipinski definition) is 1. The second-order valence-electron chi connectivity index (χ2n) is 9.39. The zero-order valence-corrected chi connectivity index (χ0v) is 13.5. The predicted molar refractivity (Wildman–Crippen MR) is 84.7 cm³/mol. The molecule has 5 fully saturated rings. The maximum absolute atomic E-state index is 10.5. The lowest BCUT2D eigenvalue weighted by molar-refractivity contribution is -0.0640. The number of fused-ring (bicyclic) bond motifs is 7. The molecule has 0 bridgehead atoms. The van der Waals surface area contributed by atoms with E-state index in [1.54, 1.807) is 5.57 Å². The average Bonchev–Trinajstić information content (AvgIpc) is 3.08. The molecular formula is C20H30O. The van der Waals surface area contributed by atoms with Crippen LogP contribution in [0.1, 0.15) is 64.7 Å². The SMILES string of the molecule is C=C1CCC2C3CCC4C(CCC5(O)CC45)C3CCC12C. The number of rotatable bonds is 0. The number of hydrogen-bond acceptors (Lipinski definition) is 1. The van der Waals surface area contributed by atoms with Crippen LogP contribution in [0.4, 0.5) is 0 Å². The van der Waals surface area contributed by atoms with Crippen LogP contribution in [-0.2, 0) is 0 Å². The minimum atomic E-state index is -0.209. The van der Waals surface area contributed by atoms with E-state index in [0.717, 1.165) is 42.4 Å². The summed E-state index contributed by atoms with van der Waals surface area (Å²) in [7, 11) is 0. The van der Waals surface area contributed by atoms with Crippen LogP contribution in [0, 0.1) is 40.9 Å². The Morgan fingerprint density at radius 2 is 1.57 bits per heavy atom. The maximum atomic E-state index is 10.5. The standard InChI is InChI=1S/C20H30O/c1-12-3-6-17-15-4-5-16-14(8-10-20(21)11-18(16)20)13(15)7-9-19(12,17)2/h13-18,21H,1,3-11H2,2H3. The Morgan fingerprint density at radius 3 is 2.33 bits per heavy atom. The zero-order valence-electron chi connectivity index (χ0n) is 13.5. The van der Waals surface area contributed by atoms with Gasteiger partial charge < -0.3 is 5.11 Å². The second-order valence-corrected chi connectivity index (χ2v) is 9.39. The predicted octanol–water partition coefficient (Wildman–Crippen LogP) is 4.56. The van der Waals surface area contributed by atoms with Crippen LogP contribution in [-0.4, -0.2) is 10.7 Å². The van der Waals surface area contributed by atoms with E-state index in [1.807, 2.05) is 0 Å². The van der Waals surface area contributed by atoms with Crippen molar-refractivity contribution in [1.82, 2.24) is 0 Å². The highest BCUT2D eigenvalue weighted by atomic mass is 16.3. The van der Waals surface area contributed by atoms with Crippen molar-refractivity contribution in [3.8, 4) is 0 Å². The van der Waals surface area contributed by atoms with Gasteiger partial charge in [0, 0.05) is 0 Å². The Kier molecular flexibility index (Phi) is 2.48. The molecule has 5 rings (SSSR count). The third kappa shape index (κ3) is 1.57. The maximum Gasteiger partial charge on any atom is 0.0683 e. The van der Waals surface area contributed by atoms with Crippen molar-refractivity contribution >= 4 is 0 Å². The molecule has 116 valence electrons. The van der Waals surface area contributed by atoms with Gasteiger partial charge in [0.1, 0.15) is 0 Å². The highest BCUT2D eigenvalue weighted by Crippen LogP contribution is 2.68. The minimum absolute atomic E-state index is 0.209. The van der Waals surface area contributed by atoms with E-state index in [2.05, 4.69) is 13.5 Å². The van der Waals surface area contributed by atoms with Gasteiger partial charge in [-0.15, -0.1) is 0 Å². The quantitative estimate of drug-likeness (QED) is 0.647. The Morgan fingerprint density at radius 1 is 0.905 bits per heavy atom. The summed E-state index contributed by atoms with van der Waals surface area (Å²) in [6.45, 7) is 6.95. The molecule has 0 aromatic heterocycles. The Bertz CT molecular complexity index is 496. The Balaban J connectivity index is 1.43. The van der Waals surface area contributed by atoms with Gasteiger partial charge >= 0.3 is 0 Å². The first kappa shape index (κ1) is 13.2. The van der Waals surface area contributed by atoms with Crippen LogP contribution in [0.2, 0.25) is 0 Å². The summed E-state index contributed by atoms with van der Waals surface area (Å²) in [6.07, 6.45) is 12.0. The van der Waals surface area contributed by atoms with Crippen LogP contribution in [0.5, 0.6) is 0 Å². The summed E-state index contributed by atoms with van der Waals surface area (Å²) < 4.78 is 0. The summed E-state index contributed by atoms with van der Waals surface area (Å²) in [5, 5.41) is 10.5. The number of allylic oxidation sites excluding steroid dienone is 1. The van der Waals surface area contributed by atoms with E-state index in [4.69, 9.17) is 0 Å². The van der Waals surface area contributed by atoms with Crippen molar-refractivity contribution in [2.24, 2.45) is 40.9 Å². The molecule has 0 heterocycles. The topological polar surface area (TPSA) is 20.2 Å². The molecule has 21 heavy (non-hydrogen) atoms. The molecule has 0 aliphatic heterocycles. The fourth-order valence-electron chi connectivity index (χ4n) is 7.59.